The van der Waals surface area contributed by atoms with Gasteiger partial charge in [-0.05, 0) is 52.8 Å². The number of amides is 1. The van der Waals surface area contributed by atoms with Crippen LogP contribution in [0.25, 0.3) is 0 Å². The molecule has 7 heteroatoms. The van der Waals surface area contributed by atoms with Crippen molar-refractivity contribution >= 4 is 27.5 Å². The third kappa shape index (κ3) is 4.44. The Kier molecular flexibility index (Phi) is 5.65. The molecule has 0 radical (unpaired) electrons. The Hall–Kier alpha value is -1.11. The minimum Gasteiger partial charge on any atom is -0.347 e. The number of carbonyl (C=O) groups excluding carboxylic acids is 1. The second kappa shape index (κ2) is 6.56. The Balaban J connectivity index is 3.29. The average Bonchev–Trinajstić information content (AvgIpc) is 2.35. The minimum absolute atomic E-state index is 0.0483. The van der Waals surface area contributed by atoms with E-state index in [-0.39, 0.29) is 21.5 Å². The second-order valence-electron chi connectivity index (χ2n) is 6.46. The summed E-state index contributed by atoms with van der Waals surface area (Å²) in [6.07, 6.45) is 0. The lowest BCUT2D eigenvalue weighted by Gasteiger charge is -2.23. The van der Waals surface area contributed by atoms with Crippen LogP contribution in [0.3, 0.4) is 0 Å². The molecule has 0 aliphatic carbocycles. The zero-order valence-corrected chi connectivity index (χ0v) is 15.3. The highest BCUT2D eigenvalue weighted by molar-refractivity contribution is 7.89. The molecule has 0 fully saturated rings. The Bertz CT molecular complexity index is 664. The largest absolute Gasteiger partial charge is 0.347 e. The van der Waals surface area contributed by atoms with Crippen molar-refractivity contribution in [2.24, 2.45) is 0 Å². The fourth-order valence-corrected chi connectivity index (χ4v) is 3.29. The van der Waals surface area contributed by atoms with Crippen LogP contribution in [-0.4, -0.2) is 37.3 Å². The van der Waals surface area contributed by atoms with Crippen LogP contribution in [-0.2, 0) is 10.0 Å². The van der Waals surface area contributed by atoms with Crippen LogP contribution in [0.2, 0.25) is 5.02 Å². The third-order valence-corrected chi connectivity index (χ3v) is 5.43. The first-order valence-corrected chi connectivity index (χ1v) is 8.78. The van der Waals surface area contributed by atoms with Gasteiger partial charge in [-0.15, -0.1) is 0 Å². The van der Waals surface area contributed by atoms with E-state index >= 15 is 0 Å². The van der Waals surface area contributed by atoms with E-state index in [1.807, 2.05) is 20.8 Å². The molecule has 0 bridgehead atoms. The standard InChI is InChI=1S/C15H23ClN2O3S/c1-10(2)18(6)22(20,21)11-7-8-13(16)12(9-11)14(19)17-15(3,4)5/h7-10H,1-6H3,(H,17,19). The first-order chi connectivity index (χ1) is 9.86. The molecule has 22 heavy (non-hydrogen) atoms. The first kappa shape index (κ1) is 18.9. The molecule has 0 aliphatic rings. The van der Waals surface area contributed by atoms with Gasteiger partial charge >= 0.3 is 0 Å². The molecule has 1 amide bonds. The zero-order chi connectivity index (χ0) is 17.3. The Morgan fingerprint density at radius 1 is 1.27 bits per heavy atom. The van der Waals surface area contributed by atoms with Gasteiger partial charge in [-0.25, -0.2) is 8.42 Å². The smallest absolute Gasteiger partial charge is 0.253 e. The fourth-order valence-electron chi connectivity index (χ4n) is 1.69. The van der Waals surface area contributed by atoms with Crippen molar-refractivity contribution in [3.8, 4) is 0 Å². The Labute approximate surface area is 137 Å². The molecule has 0 saturated carbocycles. The molecule has 0 saturated heterocycles. The first-order valence-electron chi connectivity index (χ1n) is 6.96. The molecular formula is C15H23ClN2O3S. The van der Waals surface area contributed by atoms with Gasteiger partial charge in [-0.3, -0.25) is 4.79 Å². The maximum atomic E-state index is 12.5. The monoisotopic (exact) mass is 346 g/mol. The van der Waals surface area contributed by atoms with Crippen LogP contribution in [0, 0.1) is 0 Å². The van der Waals surface area contributed by atoms with Gasteiger partial charge in [-0.2, -0.15) is 4.31 Å². The Morgan fingerprint density at radius 2 is 1.82 bits per heavy atom. The lowest BCUT2D eigenvalue weighted by atomic mass is 10.1. The summed E-state index contributed by atoms with van der Waals surface area (Å²) in [5.74, 6) is -0.401. The molecule has 1 aromatic carbocycles. The fraction of sp³-hybridized carbons (Fsp3) is 0.533. The highest BCUT2D eigenvalue weighted by Gasteiger charge is 2.25. The van der Waals surface area contributed by atoms with E-state index in [1.54, 1.807) is 13.8 Å². The van der Waals surface area contributed by atoms with Crippen LogP contribution in [0.15, 0.2) is 23.1 Å². The average molecular weight is 347 g/mol. The number of rotatable bonds is 4. The molecule has 1 rings (SSSR count). The summed E-state index contributed by atoms with van der Waals surface area (Å²) in [6, 6.07) is 3.97. The summed E-state index contributed by atoms with van der Waals surface area (Å²) in [4.78, 5) is 12.3. The second-order valence-corrected chi connectivity index (χ2v) is 8.87. The summed E-state index contributed by atoms with van der Waals surface area (Å²) in [5.41, 5.74) is -0.292. The molecule has 0 spiro atoms. The molecular weight excluding hydrogens is 324 g/mol. The summed E-state index contributed by atoms with van der Waals surface area (Å²) in [7, 11) is -2.16. The number of hydrogen-bond acceptors (Lipinski definition) is 3. The number of nitrogens with zero attached hydrogens (tertiary/aromatic N) is 1. The van der Waals surface area contributed by atoms with Crippen molar-refractivity contribution in [1.29, 1.82) is 0 Å². The summed E-state index contributed by atoms with van der Waals surface area (Å²) in [5, 5.41) is 2.99. The number of sulfonamides is 1. The molecule has 1 aromatic rings. The molecule has 0 atom stereocenters. The van der Waals surface area contributed by atoms with Gasteiger partial charge in [0.1, 0.15) is 0 Å². The molecule has 0 unspecified atom stereocenters. The van der Waals surface area contributed by atoms with E-state index < -0.39 is 21.5 Å². The molecule has 124 valence electrons. The normalized spacial score (nSPS) is 12.8. The van der Waals surface area contributed by atoms with Gasteiger partial charge in [0.15, 0.2) is 0 Å². The van der Waals surface area contributed by atoms with E-state index in [1.165, 1.54) is 29.6 Å². The lowest BCUT2D eigenvalue weighted by Crippen LogP contribution is -2.40. The SMILES string of the molecule is CC(C)N(C)S(=O)(=O)c1ccc(Cl)c(C(=O)NC(C)(C)C)c1. The number of hydrogen-bond donors (Lipinski definition) is 1. The van der Waals surface area contributed by atoms with Gasteiger partial charge in [0.2, 0.25) is 10.0 Å². The maximum absolute atomic E-state index is 12.5. The molecule has 5 nitrogen and oxygen atoms in total. The van der Waals surface area contributed by atoms with Gasteiger partial charge in [0.05, 0.1) is 15.5 Å². The Morgan fingerprint density at radius 3 is 2.27 bits per heavy atom. The van der Waals surface area contributed by atoms with E-state index in [2.05, 4.69) is 5.32 Å². The number of benzene rings is 1. The van der Waals surface area contributed by atoms with Crippen molar-refractivity contribution < 1.29 is 13.2 Å². The lowest BCUT2D eigenvalue weighted by molar-refractivity contribution is 0.0919. The van der Waals surface area contributed by atoms with E-state index in [0.29, 0.717) is 0 Å². The molecule has 0 heterocycles. The quantitative estimate of drug-likeness (QED) is 0.911. The van der Waals surface area contributed by atoms with Crippen LogP contribution in [0.1, 0.15) is 45.0 Å². The van der Waals surface area contributed by atoms with Crippen molar-refractivity contribution in [2.75, 3.05) is 7.05 Å². The van der Waals surface area contributed by atoms with E-state index in [4.69, 9.17) is 11.6 Å². The van der Waals surface area contributed by atoms with Crippen LogP contribution < -0.4 is 5.32 Å². The van der Waals surface area contributed by atoms with Crippen LogP contribution in [0.5, 0.6) is 0 Å². The molecule has 0 aromatic heterocycles. The predicted molar refractivity (Wildman–Crippen MR) is 88.8 cm³/mol. The maximum Gasteiger partial charge on any atom is 0.253 e. The predicted octanol–water partition coefficient (Wildman–Crippen LogP) is 2.90. The highest BCUT2D eigenvalue weighted by Crippen LogP contribution is 2.24. The molecule has 1 N–H and O–H groups in total. The highest BCUT2D eigenvalue weighted by atomic mass is 35.5. The summed E-state index contributed by atoms with van der Waals surface area (Å²) >= 11 is 6.04. The van der Waals surface area contributed by atoms with Gasteiger partial charge < -0.3 is 5.32 Å². The summed E-state index contributed by atoms with van der Waals surface area (Å²) < 4.78 is 26.2. The van der Waals surface area contributed by atoms with Gasteiger partial charge in [-0.1, -0.05) is 11.6 Å². The zero-order valence-electron chi connectivity index (χ0n) is 13.8. The minimum atomic E-state index is -3.66. The number of nitrogens with one attached hydrogen (secondary N) is 1. The number of carbonyl (C=O) groups is 1. The summed E-state index contributed by atoms with van der Waals surface area (Å²) in [6.45, 7) is 9.07. The number of halogens is 1. The van der Waals surface area contributed by atoms with Crippen molar-refractivity contribution in [2.45, 2.75) is 51.1 Å². The topological polar surface area (TPSA) is 66.5 Å². The van der Waals surface area contributed by atoms with E-state index in [9.17, 15) is 13.2 Å². The molecule has 0 aliphatic heterocycles. The van der Waals surface area contributed by atoms with Crippen LogP contribution in [0.4, 0.5) is 0 Å². The van der Waals surface area contributed by atoms with Crippen molar-refractivity contribution in [1.82, 2.24) is 9.62 Å². The van der Waals surface area contributed by atoms with Crippen molar-refractivity contribution in [3.05, 3.63) is 28.8 Å². The van der Waals surface area contributed by atoms with Crippen LogP contribution >= 0.6 is 11.6 Å². The van der Waals surface area contributed by atoms with Gasteiger partial charge in [0, 0.05) is 18.6 Å². The third-order valence-electron chi connectivity index (χ3n) is 3.08. The van der Waals surface area contributed by atoms with Gasteiger partial charge in [0.25, 0.3) is 5.91 Å². The van der Waals surface area contributed by atoms with Crippen molar-refractivity contribution in [3.63, 3.8) is 0 Å². The van der Waals surface area contributed by atoms with E-state index in [0.717, 1.165) is 0 Å².